The second-order valence-electron chi connectivity index (χ2n) is 10.4. The van der Waals surface area contributed by atoms with E-state index < -0.39 is 60.6 Å². The van der Waals surface area contributed by atoms with Crippen LogP contribution in [0.3, 0.4) is 0 Å². The Hall–Kier alpha value is -2.09. The van der Waals surface area contributed by atoms with Crippen LogP contribution >= 0.6 is 0 Å². The van der Waals surface area contributed by atoms with E-state index in [4.69, 9.17) is 9.16 Å². The van der Waals surface area contributed by atoms with Gasteiger partial charge in [0.05, 0.1) is 24.6 Å². The number of nitrogens with zero attached hydrogens (tertiary/aromatic N) is 1. The topological polar surface area (TPSA) is 140 Å². The van der Waals surface area contributed by atoms with E-state index in [1.165, 1.54) is 16.8 Å². The number of H-pyrrole nitrogens is 1. The summed E-state index contributed by atoms with van der Waals surface area (Å²) in [7, 11) is -6.27. The van der Waals surface area contributed by atoms with Crippen molar-refractivity contribution in [2.75, 3.05) is 12.4 Å². The second-order valence-corrected chi connectivity index (χ2v) is 17.0. The molecule has 1 aliphatic rings. The van der Waals surface area contributed by atoms with Crippen molar-refractivity contribution >= 4 is 18.3 Å². The summed E-state index contributed by atoms with van der Waals surface area (Å²) in [5.41, 5.74) is -0.452. The molecule has 1 aromatic carbocycles. The van der Waals surface area contributed by atoms with Crippen LogP contribution in [-0.4, -0.2) is 56.0 Å². The van der Waals surface area contributed by atoms with Crippen LogP contribution in [0, 0.1) is 5.92 Å². The van der Waals surface area contributed by atoms with Gasteiger partial charge in [-0.2, -0.15) is 0 Å². The molecule has 0 radical (unpaired) electrons. The molecule has 0 amide bonds. The van der Waals surface area contributed by atoms with Crippen LogP contribution in [0.15, 0.2) is 52.2 Å². The lowest BCUT2D eigenvalue weighted by Crippen LogP contribution is -2.49. The van der Waals surface area contributed by atoms with Crippen molar-refractivity contribution in [1.29, 1.82) is 0 Å². The Morgan fingerprint density at radius 3 is 2.40 bits per heavy atom. The van der Waals surface area contributed by atoms with Gasteiger partial charge in [-0.1, -0.05) is 51.1 Å². The van der Waals surface area contributed by atoms with Gasteiger partial charge in [0.2, 0.25) is 10.0 Å². The number of ether oxygens (including phenoxy) is 1. The summed E-state index contributed by atoms with van der Waals surface area (Å²) < 4.78 is 42.6. The fourth-order valence-electron chi connectivity index (χ4n) is 3.78. The van der Waals surface area contributed by atoms with Gasteiger partial charge < -0.3 is 14.3 Å². The molecule has 1 aromatic heterocycles. The first-order valence-corrected chi connectivity index (χ1v) is 16.1. The van der Waals surface area contributed by atoms with Crippen molar-refractivity contribution in [3.8, 4) is 0 Å². The highest BCUT2D eigenvalue weighted by Gasteiger charge is 2.52. The first-order valence-electron chi connectivity index (χ1n) is 11.5. The van der Waals surface area contributed by atoms with Gasteiger partial charge in [-0.15, -0.1) is 0 Å². The van der Waals surface area contributed by atoms with Crippen LogP contribution in [0.4, 0.5) is 0 Å². The molecule has 3 N–H and O–H groups in total. The van der Waals surface area contributed by atoms with Crippen LogP contribution in [0.5, 0.6) is 0 Å². The maximum atomic E-state index is 13.1. The van der Waals surface area contributed by atoms with Crippen LogP contribution in [-0.2, 0) is 25.7 Å². The number of sulfonamides is 1. The average molecular weight is 526 g/mol. The van der Waals surface area contributed by atoms with Crippen molar-refractivity contribution < 1.29 is 22.7 Å². The Kier molecular flexibility index (Phi) is 8.24. The van der Waals surface area contributed by atoms with Gasteiger partial charge in [0.1, 0.15) is 0 Å². The molecule has 0 spiro atoms. The molecule has 2 aromatic rings. The fraction of sp³-hybridized carbons (Fsp3) is 0.565. The van der Waals surface area contributed by atoms with E-state index in [2.05, 4.69) is 9.71 Å². The highest BCUT2D eigenvalue weighted by molar-refractivity contribution is 7.89. The average Bonchev–Trinajstić information content (AvgIpc) is 3.08. The first-order chi connectivity index (χ1) is 16.2. The molecule has 1 aliphatic heterocycles. The summed E-state index contributed by atoms with van der Waals surface area (Å²) in [4.78, 5) is 26.4. The Labute approximate surface area is 206 Å². The zero-order chi connectivity index (χ0) is 26.0. The van der Waals surface area contributed by atoms with Gasteiger partial charge in [0.15, 0.2) is 14.5 Å². The summed E-state index contributed by atoms with van der Waals surface area (Å²) in [6.45, 7) is 9.85. The summed E-state index contributed by atoms with van der Waals surface area (Å²) in [6, 6.07) is 10.3. The smallest absolute Gasteiger partial charge is 0.330 e. The number of rotatable bonds is 9. The van der Waals surface area contributed by atoms with Crippen LogP contribution in [0.25, 0.3) is 0 Å². The number of aromatic nitrogens is 2. The monoisotopic (exact) mass is 525 g/mol. The zero-order valence-electron chi connectivity index (χ0n) is 20.7. The van der Waals surface area contributed by atoms with Crippen molar-refractivity contribution in [2.45, 2.75) is 63.9 Å². The maximum absolute atomic E-state index is 13.1. The van der Waals surface area contributed by atoms with Crippen molar-refractivity contribution in [3.63, 3.8) is 0 Å². The van der Waals surface area contributed by atoms with Gasteiger partial charge >= 0.3 is 5.69 Å². The second kappa shape index (κ2) is 10.5. The van der Waals surface area contributed by atoms with Gasteiger partial charge in [0, 0.05) is 24.7 Å². The summed E-state index contributed by atoms with van der Waals surface area (Å²) in [5.74, 6) is -1.12. The van der Waals surface area contributed by atoms with E-state index >= 15 is 0 Å². The first kappa shape index (κ1) is 27.5. The molecule has 10 nitrogen and oxygen atoms in total. The maximum Gasteiger partial charge on any atom is 0.330 e. The minimum atomic E-state index is -3.80. The molecule has 1 fully saturated rings. The van der Waals surface area contributed by atoms with E-state index in [1.54, 1.807) is 0 Å². The highest BCUT2D eigenvalue weighted by atomic mass is 32.2. The molecule has 194 valence electrons. The number of hydrogen-bond donors (Lipinski definition) is 3. The van der Waals surface area contributed by atoms with Gasteiger partial charge in [-0.25, -0.2) is 17.9 Å². The summed E-state index contributed by atoms with van der Waals surface area (Å²) in [5, 5.41) is 9.86. The molecule has 35 heavy (non-hydrogen) atoms. The van der Waals surface area contributed by atoms with Crippen LogP contribution < -0.4 is 16.0 Å². The molecular formula is C23H35N3O7SSi. The standard InChI is InChI=1S/C23H35N3O7SSi/c1-23(2,3)35(4,5)33-20-17(15-34(30,31)24-13-16-9-7-6-8-10-16)18(14-27)32-21(20)26-12-11-19(28)25-22(26)29/h6-12,17-18,20-21,24,27H,13-15H2,1-5H3,(H,25,28,29)/t17-,18-,20-,21-/m1/s1. The summed E-state index contributed by atoms with van der Waals surface area (Å²) in [6.07, 6.45) is -1.45. The Morgan fingerprint density at radius 2 is 1.83 bits per heavy atom. The number of benzene rings is 1. The molecule has 0 aliphatic carbocycles. The van der Waals surface area contributed by atoms with E-state index in [9.17, 15) is 23.1 Å². The van der Waals surface area contributed by atoms with E-state index in [1.807, 2.05) is 64.2 Å². The fourth-order valence-corrected chi connectivity index (χ4v) is 6.52. The van der Waals surface area contributed by atoms with Gasteiger partial charge in [-0.05, 0) is 23.7 Å². The SMILES string of the molecule is CC(C)(C)[Si](C)(C)O[C@@H]1[C@H](CS(=O)(=O)NCc2ccccc2)[C@@H](CO)O[C@H]1n1ccc(=O)[nH]c1=O. The lowest BCUT2D eigenvalue weighted by atomic mass is 10.0. The molecule has 0 saturated carbocycles. The van der Waals surface area contributed by atoms with Crippen LogP contribution in [0.2, 0.25) is 18.1 Å². The third-order valence-corrected chi connectivity index (χ3v) is 12.7. The van der Waals surface area contributed by atoms with Crippen molar-refractivity contribution in [2.24, 2.45) is 5.92 Å². The van der Waals surface area contributed by atoms with Gasteiger partial charge in [0.25, 0.3) is 5.56 Å². The van der Waals surface area contributed by atoms with E-state index in [-0.39, 0.29) is 17.3 Å². The molecule has 3 rings (SSSR count). The predicted molar refractivity (Wildman–Crippen MR) is 135 cm³/mol. The third-order valence-electron chi connectivity index (χ3n) is 6.79. The van der Waals surface area contributed by atoms with E-state index in [0.29, 0.717) is 0 Å². The number of nitrogens with one attached hydrogen (secondary N) is 2. The van der Waals surface area contributed by atoms with Gasteiger partial charge in [-0.3, -0.25) is 14.3 Å². The quantitative estimate of drug-likeness (QED) is 0.422. The molecule has 0 bridgehead atoms. The molecular weight excluding hydrogens is 490 g/mol. The number of aromatic amines is 1. The minimum Gasteiger partial charge on any atom is -0.409 e. The van der Waals surface area contributed by atoms with Crippen LogP contribution in [0.1, 0.15) is 32.6 Å². The zero-order valence-corrected chi connectivity index (χ0v) is 22.5. The Morgan fingerprint density at radius 1 is 1.17 bits per heavy atom. The molecule has 2 heterocycles. The highest BCUT2D eigenvalue weighted by Crippen LogP contribution is 2.43. The largest absolute Gasteiger partial charge is 0.409 e. The lowest BCUT2D eigenvalue weighted by molar-refractivity contribution is -0.0510. The number of hydrogen-bond acceptors (Lipinski definition) is 7. The normalized spacial score (nSPS) is 23.5. The summed E-state index contributed by atoms with van der Waals surface area (Å²) >= 11 is 0. The Bertz CT molecular complexity index is 1220. The third kappa shape index (κ3) is 6.57. The molecule has 0 unspecified atom stereocenters. The van der Waals surface area contributed by atoms with E-state index in [0.717, 1.165) is 5.56 Å². The predicted octanol–water partition coefficient (Wildman–Crippen LogP) is 1.55. The lowest BCUT2D eigenvalue weighted by Gasteiger charge is -2.40. The number of aliphatic hydroxyl groups excluding tert-OH is 1. The molecule has 1 saturated heterocycles. The Balaban J connectivity index is 1.95. The number of aliphatic hydroxyl groups is 1. The van der Waals surface area contributed by atoms with Crippen molar-refractivity contribution in [1.82, 2.24) is 14.3 Å². The minimum absolute atomic E-state index is 0.122. The molecule has 4 atom stereocenters. The van der Waals surface area contributed by atoms with Crippen molar-refractivity contribution in [3.05, 3.63) is 69.0 Å². The molecule has 12 heteroatoms.